The fourth-order valence-electron chi connectivity index (χ4n) is 1.63. The topological polar surface area (TPSA) is 72.2 Å². The zero-order valence-corrected chi connectivity index (χ0v) is 12.1. The van der Waals surface area contributed by atoms with Crippen LogP contribution < -0.4 is 5.32 Å². The molecule has 6 heteroatoms. The monoisotopic (exact) mass is 284 g/mol. The Hall–Kier alpha value is -1.27. The highest BCUT2D eigenvalue weighted by molar-refractivity contribution is 7.85. The van der Waals surface area contributed by atoms with E-state index in [0.29, 0.717) is 16.6 Å². The molecule has 0 aromatic heterocycles. The summed E-state index contributed by atoms with van der Waals surface area (Å²) in [5.41, 5.74) is -0.0593. The third kappa shape index (κ3) is 5.48. The summed E-state index contributed by atoms with van der Waals surface area (Å²) in [5, 5.41) is 14.1. The minimum atomic E-state index is -1.31. The first-order valence-electron chi connectivity index (χ1n) is 6.35. The van der Waals surface area contributed by atoms with Gasteiger partial charge in [-0.1, -0.05) is 26.0 Å². The normalized spacial score (nSPS) is 12.6. The van der Waals surface area contributed by atoms with E-state index in [-0.39, 0.29) is 5.69 Å². The van der Waals surface area contributed by atoms with E-state index in [1.165, 1.54) is 6.07 Å². The van der Waals surface area contributed by atoms with Crippen molar-refractivity contribution in [1.82, 2.24) is 5.32 Å². The van der Waals surface area contributed by atoms with Crippen molar-refractivity contribution >= 4 is 16.5 Å². The van der Waals surface area contributed by atoms with Crippen LogP contribution in [-0.2, 0) is 10.8 Å². The van der Waals surface area contributed by atoms with Gasteiger partial charge in [0.25, 0.3) is 5.69 Å². The molecule has 0 aliphatic heterocycles. The van der Waals surface area contributed by atoms with Gasteiger partial charge in [-0.3, -0.25) is 14.3 Å². The molecular weight excluding hydrogens is 264 g/mol. The zero-order chi connectivity index (χ0) is 14.3. The first kappa shape index (κ1) is 15.8. The van der Waals surface area contributed by atoms with Crippen molar-refractivity contribution in [2.45, 2.75) is 25.2 Å². The quantitative estimate of drug-likeness (QED) is 0.452. The highest BCUT2D eigenvalue weighted by Gasteiger charge is 2.17. The van der Waals surface area contributed by atoms with E-state index < -0.39 is 15.7 Å². The number of benzene rings is 1. The largest absolute Gasteiger partial charge is 0.316 e. The van der Waals surface area contributed by atoms with Gasteiger partial charge < -0.3 is 5.32 Å². The van der Waals surface area contributed by atoms with Crippen molar-refractivity contribution in [3.8, 4) is 0 Å². The Balaban J connectivity index is 2.48. The number of hydrogen-bond donors (Lipinski definition) is 1. The smallest absolute Gasteiger partial charge is 0.285 e. The van der Waals surface area contributed by atoms with E-state index >= 15 is 0 Å². The number of nitro groups is 1. The molecule has 1 rings (SSSR count). The fraction of sp³-hybridized carbons (Fsp3) is 0.538. The van der Waals surface area contributed by atoms with Gasteiger partial charge in [0.2, 0.25) is 0 Å². The van der Waals surface area contributed by atoms with E-state index in [1.54, 1.807) is 18.2 Å². The number of rotatable bonds is 8. The summed E-state index contributed by atoms with van der Waals surface area (Å²) in [4.78, 5) is 10.7. The Kier molecular flexibility index (Phi) is 6.66. The van der Waals surface area contributed by atoms with E-state index in [0.717, 1.165) is 19.5 Å². The average Bonchev–Trinajstić information content (AvgIpc) is 2.37. The molecule has 5 nitrogen and oxygen atoms in total. The molecule has 0 fully saturated rings. The van der Waals surface area contributed by atoms with Crippen molar-refractivity contribution < 1.29 is 9.13 Å². The van der Waals surface area contributed by atoms with Gasteiger partial charge in [0, 0.05) is 11.8 Å². The summed E-state index contributed by atoms with van der Waals surface area (Å²) in [5.74, 6) is 1.02. The first-order chi connectivity index (χ1) is 9.02. The lowest BCUT2D eigenvalue weighted by molar-refractivity contribution is -0.387. The molecule has 0 bridgehead atoms. The average molecular weight is 284 g/mol. The molecule has 0 radical (unpaired) electrons. The summed E-state index contributed by atoms with van der Waals surface area (Å²) in [6, 6.07) is 6.22. The maximum absolute atomic E-state index is 12.0. The van der Waals surface area contributed by atoms with E-state index in [4.69, 9.17) is 0 Å². The molecule has 1 aromatic rings. The molecule has 1 N–H and O–H groups in total. The van der Waals surface area contributed by atoms with Gasteiger partial charge in [-0.25, -0.2) is 0 Å². The first-order valence-corrected chi connectivity index (χ1v) is 7.66. The SMILES string of the molecule is CC(C)CNCCCS(=O)c1ccccc1[N+](=O)[O-]. The van der Waals surface area contributed by atoms with E-state index in [9.17, 15) is 14.3 Å². The summed E-state index contributed by atoms with van der Waals surface area (Å²) < 4.78 is 12.0. The Bertz CT molecular complexity index is 449. The van der Waals surface area contributed by atoms with E-state index in [2.05, 4.69) is 19.2 Å². The van der Waals surface area contributed by atoms with Crippen molar-refractivity contribution in [1.29, 1.82) is 0 Å². The van der Waals surface area contributed by atoms with Gasteiger partial charge in [0.1, 0.15) is 4.90 Å². The lowest BCUT2D eigenvalue weighted by Crippen LogP contribution is -2.22. The van der Waals surface area contributed by atoms with Crippen LogP contribution in [0.5, 0.6) is 0 Å². The predicted octanol–water partition coefficient (Wildman–Crippen LogP) is 2.34. The molecule has 1 unspecified atom stereocenters. The van der Waals surface area contributed by atoms with Crippen LogP contribution in [0, 0.1) is 16.0 Å². The second-order valence-corrected chi connectivity index (χ2v) is 6.27. The van der Waals surface area contributed by atoms with Crippen LogP contribution in [-0.4, -0.2) is 28.0 Å². The van der Waals surface area contributed by atoms with Crippen LogP contribution in [0.15, 0.2) is 29.2 Å². The Labute approximate surface area is 116 Å². The molecule has 0 heterocycles. The van der Waals surface area contributed by atoms with Crippen molar-refractivity contribution in [3.05, 3.63) is 34.4 Å². The highest BCUT2D eigenvalue weighted by atomic mass is 32.2. The Morgan fingerprint density at radius 1 is 1.37 bits per heavy atom. The molecule has 1 aromatic carbocycles. The lowest BCUT2D eigenvalue weighted by atomic mass is 10.2. The van der Waals surface area contributed by atoms with Crippen LogP contribution in [0.4, 0.5) is 5.69 Å². The van der Waals surface area contributed by atoms with Crippen LogP contribution in [0.2, 0.25) is 0 Å². The van der Waals surface area contributed by atoms with Crippen LogP contribution in [0.25, 0.3) is 0 Å². The number of nitrogens with one attached hydrogen (secondary N) is 1. The van der Waals surface area contributed by atoms with Crippen LogP contribution >= 0.6 is 0 Å². The lowest BCUT2D eigenvalue weighted by Gasteiger charge is -2.07. The second-order valence-electron chi connectivity index (χ2n) is 4.73. The third-order valence-electron chi connectivity index (χ3n) is 2.54. The minimum absolute atomic E-state index is 0.0593. The van der Waals surface area contributed by atoms with Gasteiger partial charge >= 0.3 is 0 Å². The van der Waals surface area contributed by atoms with Gasteiger partial charge in [-0.05, 0) is 31.5 Å². The van der Waals surface area contributed by atoms with Gasteiger partial charge in [-0.15, -0.1) is 0 Å². The van der Waals surface area contributed by atoms with Crippen molar-refractivity contribution in [3.63, 3.8) is 0 Å². The summed E-state index contributed by atoms with van der Waals surface area (Å²) in [7, 11) is -1.31. The summed E-state index contributed by atoms with van der Waals surface area (Å²) in [6.45, 7) is 5.96. The molecule has 0 saturated carbocycles. The molecule has 0 aliphatic carbocycles. The standard InChI is InChI=1S/C13H20N2O3S/c1-11(2)10-14-8-5-9-19(18)13-7-4-3-6-12(13)15(16)17/h3-4,6-7,11,14H,5,8-10H2,1-2H3. The Morgan fingerprint density at radius 2 is 2.05 bits per heavy atom. The minimum Gasteiger partial charge on any atom is -0.316 e. The third-order valence-corrected chi connectivity index (χ3v) is 4.04. The number of nitro benzene ring substituents is 1. The molecule has 0 spiro atoms. The van der Waals surface area contributed by atoms with Gasteiger partial charge in [-0.2, -0.15) is 0 Å². The zero-order valence-electron chi connectivity index (χ0n) is 11.3. The van der Waals surface area contributed by atoms with E-state index in [1.807, 2.05) is 0 Å². The molecule has 1 atom stereocenters. The molecule has 0 aliphatic rings. The number of hydrogen-bond acceptors (Lipinski definition) is 4. The summed E-state index contributed by atoms with van der Waals surface area (Å²) >= 11 is 0. The van der Waals surface area contributed by atoms with Crippen molar-refractivity contribution in [2.24, 2.45) is 5.92 Å². The van der Waals surface area contributed by atoms with Gasteiger partial charge in [0.15, 0.2) is 0 Å². The van der Waals surface area contributed by atoms with Gasteiger partial charge in [0.05, 0.1) is 15.7 Å². The second kappa shape index (κ2) is 8.01. The molecule has 0 amide bonds. The maximum atomic E-state index is 12.0. The van der Waals surface area contributed by atoms with Crippen molar-refractivity contribution in [2.75, 3.05) is 18.8 Å². The van der Waals surface area contributed by atoms with Crippen LogP contribution in [0.3, 0.4) is 0 Å². The predicted molar refractivity (Wildman–Crippen MR) is 76.7 cm³/mol. The highest BCUT2D eigenvalue weighted by Crippen LogP contribution is 2.21. The molecule has 0 saturated heterocycles. The maximum Gasteiger partial charge on any atom is 0.285 e. The summed E-state index contributed by atoms with van der Waals surface area (Å²) in [6.07, 6.45) is 0.741. The number of para-hydroxylation sites is 1. The molecule has 106 valence electrons. The Morgan fingerprint density at radius 3 is 2.68 bits per heavy atom. The molecular formula is C13H20N2O3S. The fourth-order valence-corrected chi connectivity index (χ4v) is 2.86. The molecule has 19 heavy (non-hydrogen) atoms. The number of nitrogens with zero attached hydrogens (tertiary/aromatic N) is 1. The van der Waals surface area contributed by atoms with Crippen LogP contribution in [0.1, 0.15) is 20.3 Å².